The molecule has 0 fully saturated rings. The van der Waals surface area contributed by atoms with Crippen molar-refractivity contribution in [1.29, 1.82) is 0 Å². The van der Waals surface area contributed by atoms with E-state index in [1.165, 1.54) is 36.9 Å². The van der Waals surface area contributed by atoms with Crippen molar-refractivity contribution in [3.05, 3.63) is 11.3 Å². The number of fused-ring (bicyclic) bond motifs is 1. The van der Waals surface area contributed by atoms with Crippen molar-refractivity contribution >= 4 is 5.82 Å². The van der Waals surface area contributed by atoms with Crippen LogP contribution in [0.2, 0.25) is 0 Å². The Labute approximate surface area is 91.7 Å². The molecule has 0 bridgehead atoms. The normalized spacial score (nSPS) is 20.4. The van der Waals surface area contributed by atoms with Crippen LogP contribution in [0.4, 0.5) is 5.82 Å². The molecule has 0 saturated heterocycles. The minimum absolute atomic E-state index is 0.458. The Morgan fingerprint density at radius 3 is 3.00 bits per heavy atom. The topological polar surface area (TPSA) is 40.7 Å². The summed E-state index contributed by atoms with van der Waals surface area (Å²) in [5.74, 6) is 1.93. The van der Waals surface area contributed by atoms with Gasteiger partial charge in [-0.15, -0.1) is 0 Å². The van der Waals surface area contributed by atoms with Crippen molar-refractivity contribution in [3.63, 3.8) is 0 Å². The molecule has 0 radical (unpaired) electrons. The number of anilines is 1. The molecular weight excluding hydrogens is 186 g/mol. The lowest BCUT2D eigenvalue weighted by Gasteiger charge is -2.21. The summed E-state index contributed by atoms with van der Waals surface area (Å²) in [6, 6.07) is 0.458. The Morgan fingerprint density at radius 1 is 1.53 bits per heavy atom. The maximum absolute atomic E-state index is 4.37. The highest BCUT2D eigenvalue weighted by Gasteiger charge is 2.22. The molecule has 84 valence electrons. The molecule has 1 aliphatic rings. The highest BCUT2D eigenvalue weighted by atomic mass is 15.2. The zero-order chi connectivity index (χ0) is 10.8. The molecule has 1 aromatic heterocycles. The first-order chi connectivity index (χ1) is 7.20. The predicted molar refractivity (Wildman–Crippen MR) is 63.2 cm³/mol. The lowest BCUT2D eigenvalue weighted by molar-refractivity contribution is 0.443. The maximum atomic E-state index is 4.37. The van der Waals surface area contributed by atoms with Gasteiger partial charge in [0, 0.05) is 17.3 Å². The van der Waals surface area contributed by atoms with Crippen LogP contribution in [0.15, 0.2) is 0 Å². The van der Waals surface area contributed by atoms with Gasteiger partial charge >= 0.3 is 0 Å². The molecule has 1 aromatic rings. The monoisotopic (exact) mass is 207 g/mol. The average molecular weight is 207 g/mol. The third kappa shape index (κ3) is 2.16. The molecule has 1 aliphatic carbocycles. The molecule has 0 amide bonds. The van der Waals surface area contributed by atoms with E-state index in [0.29, 0.717) is 6.04 Å². The van der Waals surface area contributed by atoms with E-state index in [1.54, 1.807) is 0 Å². The summed E-state index contributed by atoms with van der Waals surface area (Å²) in [6.45, 7) is 6.59. The van der Waals surface area contributed by atoms with Gasteiger partial charge in [-0.05, 0) is 39.0 Å². The summed E-state index contributed by atoms with van der Waals surface area (Å²) in [4.78, 5) is 0. The predicted octanol–water partition coefficient (Wildman–Crippen LogP) is 2.74. The molecule has 1 unspecified atom stereocenters. The van der Waals surface area contributed by atoms with Gasteiger partial charge in [0.2, 0.25) is 0 Å². The summed E-state index contributed by atoms with van der Waals surface area (Å²) in [5, 5.41) is 10.9. The van der Waals surface area contributed by atoms with Crippen LogP contribution in [-0.4, -0.2) is 16.2 Å². The smallest absolute Gasteiger partial charge is 0.151 e. The maximum Gasteiger partial charge on any atom is 0.151 e. The molecule has 1 heterocycles. The van der Waals surface area contributed by atoms with Gasteiger partial charge in [0.25, 0.3) is 0 Å². The number of nitrogens with one attached hydrogen (secondary N) is 2. The first kappa shape index (κ1) is 10.5. The number of aryl methyl sites for hydroxylation is 1. The summed E-state index contributed by atoms with van der Waals surface area (Å²) in [7, 11) is 0. The molecular formula is C12H21N3. The molecule has 0 saturated carbocycles. The number of aromatic amines is 1. The van der Waals surface area contributed by atoms with Crippen molar-refractivity contribution in [3.8, 4) is 0 Å². The summed E-state index contributed by atoms with van der Waals surface area (Å²) < 4.78 is 0. The van der Waals surface area contributed by atoms with Crippen LogP contribution in [0, 0.1) is 5.92 Å². The van der Waals surface area contributed by atoms with E-state index in [2.05, 4.69) is 36.3 Å². The average Bonchev–Trinajstić information content (AvgIpc) is 2.60. The van der Waals surface area contributed by atoms with Gasteiger partial charge in [0.05, 0.1) is 0 Å². The molecule has 2 N–H and O–H groups in total. The molecule has 1 atom stereocenters. The van der Waals surface area contributed by atoms with Crippen LogP contribution in [0.5, 0.6) is 0 Å². The molecule has 0 spiro atoms. The van der Waals surface area contributed by atoms with Crippen molar-refractivity contribution in [2.75, 3.05) is 5.32 Å². The van der Waals surface area contributed by atoms with Crippen LogP contribution in [0.25, 0.3) is 0 Å². The first-order valence-electron chi connectivity index (χ1n) is 6.03. The highest BCUT2D eigenvalue weighted by molar-refractivity contribution is 5.48. The van der Waals surface area contributed by atoms with Crippen LogP contribution in [0.1, 0.15) is 44.9 Å². The van der Waals surface area contributed by atoms with Gasteiger partial charge in [-0.1, -0.05) is 13.3 Å². The van der Waals surface area contributed by atoms with Gasteiger partial charge < -0.3 is 5.32 Å². The number of hydrogen-bond acceptors (Lipinski definition) is 2. The number of hydrogen-bond donors (Lipinski definition) is 2. The minimum Gasteiger partial charge on any atom is -0.366 e. The van der Waals surface area contributed by atoms with Crippen LogP contribution in [-0.2, 0) is 12.8 Å². The number of nitrogens with zero attached hydrogens (tertiary/aromatic N) is 1. The molecule has 2 rings (SSSR count). The van der Waals surface area contributed by atoms with E-state index in [1.807, 2.05) is 0 Å². The van der Waals surface area contributed by atoms with E-state index < -0.39 is 0 Å². The summed E-state index contributed by atoms with van der Waals surface area (Å²) in [5.41, 5.74) is 2.78. The molecule has 3 nitrogen and oxygen atoms in total. The minimum atomic E-state index is 0.458. The van der Waals surface area contributed by atoms with Crippen molar-refractivity contribution in [2.45, 2.75) is 52.5 Å². The number of aromatic nitrogens is 2. The zero-order valence-electron chi connectivity index (χ0n) is 9.93. The lowest BCUT2D eigenvalue weighted by Crippen LogP contribution is -2.16. The van der Waals surface area contributed by atoms with Crippen LogP contribution in [0.3, 0.4) is 0 Å². The van der Waals surface area contributed by atoms with E-state index in [4.69, 9.17) is 0 Å². The van der Waals surface area contributed by atoms with E-state index in [9.17, 15) is 0 Å². The molecule has 0 aromatic carbocycles. The van der Waals surface area contributed by atoms with Gasteiger partial charge in [0.15, 0.2) is 5.82 Å². The third-order valence-corrected chi connectivity index (χ3v) is 3.25. The van der Waals surface area contributed by atoms with E-state index in [0.717, 1.165) is 11.7 Å². The van der Waals surface area contributed by atoms with Crippen molar-refractivity contribution < 1.29 is 0 Å². The Bertz CT molecular complexity index is 328. The first-order valence-corrected chi connectivity index (χ1v) is 6.03. The Morgan fingerprint density at radius 2 is 2.33 bits per heavy atom. The van der Waals surface area contributed by atoms with E-state index in [-0.39, 0.29) is 0 Å². The van der Waals surface area contributed by atoms with Crippen LogP contribution >= 0.6 is 0 Å². The highest BCUT2D eigenvalue weighted by Crippen LogP contribution is 2.30. The third-order valence-electron chi connectivity index (χ3n) is 3.25. The number of rotatable bonds is 3. The zero-order valence-corrected chi connectivity index (χ0v) is 9.93. The fourth-order valence-electron chi connectivity index (χ4n) is 2.31. The Kier molecular flexibility index (Phi) is 2.98. The van der Waals surface area contributed by atoms with Gasteiger partial charge in [-0.2, -0.15) is 5.10 Å². The van der Waals surface area contributed by atoms with Gasteiger partial charge in [-0.3, -0.25) is 5.10 Å². The lowest BCUT2D eigenvalue weighted by atomic mass is 9.86. The Hall–Kier alpha value is -0.990. The summed E-state index contributed by atoms with van der Waals surface area (Å²) in [6.07, 6.45) is 4.95. The number of H-pyrrole nitrogens is 1. The second-order valence-corrected chi connectivity index (χ2v) is 4.85. The fraction of sp³-hybridized carbons (Fsp3) is 0.750. The van der Waals surface area contributed by atoms with Gasteiger partial charge in [-0.25, -0.2) is 0 Å². The van der Waals surface area contributed by atoms with Crippen LogP contribution < -0.4 is 5.32 Å². The largest absolute Gasteiger partial charge is 0.366 e. The Balaban J connectivity index is 2.18. The standard InChI is InChI=1S/C12H21N3/c1-4-9-5-6-11-10(7-9)12(15-14-11)13-8(2)3/h8-9H,4-7H2,1-3H3,(H2,13,14,15). The molecule has 15 heavy (non-hydrogen) atoms. The summed E-state index contributed by atoms with van der Waals surface area (Å²) >= 11 is 0. The fourth-order valence-corrected chi connectivity index (χ4v) is 2.31. The van der Waals surface area contributed by atoms with Crippen molar-refractivity contribution in [1.82, 2.24) is 10.2 Å². The second-order valence-electron chi connectivity index (χ2n) is 4.85. The molecule has 0 aliphatic heterocycles. The van der Waals surface area contributed by atoms with E-state index >= 15 is 0 Å². The van der Waals surface area contributed by atoms with Crippen molar-refractivity contribution in [2.24, 2.45) is 5.92 Å². The molecule has 3 heteroatoms. The SMILES string of the molecule is CCC1CCc2[nH]nc(NC(C)C)c2C1. The van der Waals surface area contributed by atoms with Gasteiger partial charge in [0.1, 0.15) is 0 Å². The second kappa shape index (κ2) is 4.25. The quantitative estimate of drug-likeness (QED) is 0.800.